The maximum Gasteiger partial charge on any atom is 0.406 e. The number of hydrogen-bond acceptors (Lipinski definition) is 2. The summed E-state index contributed by atoms with van der Waals surface area (Å²) in [5, 5.41) is 3.03. The fourth-order valence-corrected chi connectivity index (χ4v) is 1.88. The minimum absolute atomic E-state index is 0.106. The Hall–Kier alpha value is -0.780. The van der Waals surface area contributed by atoms with E-state index < -0.39 is 12.7 Å². The lowest BCUT2D eigenvalue weighted by atomic mass is 9.98. The van der Waals surface area contributed by atoms with E-state index in [2.05, 4.69) is 5.32 Å². The van der Waals surface area contributed by atoms with Gasteiger partial charge in [-0.1, -0.05) is 0 Å². The lowest BCUT2D eigenvalue weighted by Crippen LogP contribution is -2.46. The lowest BCUT2D eigenvalue weighted by molar-refractivity contribution is -0.163. The number of piperidine rings is 1. The fourth-order valence-electron chi connectivity index (χ4n) is 1.88. The molecule has 0 aromatic rings. The van der Waals surface area contributed by atoms with Crippen molar-refractivity contribution in [1.29, 1.82) is 0 Å². The van der Waals surface area contributed by atoms with Crippen LogP contribution < -0.4 is 5.32 Å². The Morgan fingerprint density at radius 3 is 2.62 bits per heavy atom. The van der Waals surface area contributed by atoms with Crippen LogP contribution in [0.3, 0.4) is 0 Å². The number of nitrogens with zero attached hydrogens (tertiary/aromatic N) is 1. The maximum atomic E-state index is 12.2. The number of hydrogen-bond donors (Lipinski definition) is 1. The molecule has 1 amide bonds. The SMILES string of the molecule is CCN(CC(F)(F)F)C(=O)[C@H]1CCCNC1. The van der Waals surface area contributed by atoms with Gasteiger partial charge in [-0.25, -0.2) is 0 Å². The molecule has 1 aliphatic heterocycles. The van der Waals surface area contributed by atoms with Crippen molar-refractivity contribution < 1.29 is 18.0 Å². The average Bonchev–Trinajstić information content (AvgIpc) is 2.25. The molecule has 3 nitrogen and oxygen atoms in total. The Morgan fingerprint density at radius 2 is 2.19 bits per heavy atom. The molecule has 1 heterocycles. The Kier molecular flexibility index (Phi) is 4.58. The van der Waals surface area contributed by atoms with E-state index in [1.165, 1.54) is 0 Å². The Labute approximate surface area is 93.0 Å². The van der Waals surface area contributed by atoms with E-state index in [0.717, 1.165) is 17.9 Å². The topological polar surface area (TPSA) is 32.3 Å². The number of amides is 1. The molecular formula is C10H17F3N2O. The first-order valence-electron chi connectivity index (χ1n) is 5.50. The van der Waals surface area contributed by atoms with Crippen LogP contribution in [-0.2, 0) is 4.79 Å². The molecule has 1 saturated heterocycles. The summed E-state index contributed by atoms with van der Waals surface area (Å²) in [4.78, 5) is 12.7. The predicted molar refractivity (Wildman–Crippen MR) is 53.9 cm³/mol. The molecule has 0 spiro atoms. The van der Waals surface area contributed by atoms with Crippen LogP contribution in [0.2, 0.25) is 0 Å². The minimum Gasteiger partial charge on any atom is -0.334 e. The third-order valence-corrected chi connectivity index (χ3v) is 2.71. The van der Waals surface area contributed by atoms with Gasteiger partial charge in [0.15, 0.2) is 0 Å². The summed E-state index contributed by atoms with van der Waals surface area (Å²) in [5.74, 6) is -0.678. The average molecular weight is 238 g/mol. The summed E-state index contributed by atoms with van der Waals surface area (Å²) in [6, 6.07) is 0. The summed E-state index contributed by atoms with van der Waals surface area (Å²) < 4.78 is 36.6. The molecular weight excluding hydrogens is 221 g/mol. The monoisotopic (exact) mass is 238 g/mol. The largest absolute Gasteiger partial charge is 0.406 e. The van der Waals surface area contributed by atoms with Crippen LogP contribution in [0.15, 0.2) is 0 Å². The van der Waals surface area contributed by atoms with Gasteiger partial charge in [0, 0.05) is 13.1 Å². The summed E-state index contributed by atoms with van der Waals surface area (Å²) in [6.07, 6.45) is -2.78. The van der Waals surface area contributed by atoms with E-state index in [0.29, 0.717) is 13.0 Å². The van der Waals surface area contributed by atoms with Crippen LogP contribution in [0.25, 0.3) is 0 Å². The number of halogens is 3. The molecule has 0 unspecified atom stereocenters. The molecule has 1 aliphatic rings. The molecule has 1 rings (SSSR count). The number of rotatable bonds is 3. The first kappa shape index (κ1) is 13.3. The summed E-state index contributed by atoms with van der Waals surface area (Å²) in [7, 11) is 0. The molecule has 1 fully saturated rings. The van der Waals surface area contributed by atoms with Crippen LogP contribution in [0.4, 0.5) is 13.2 Å². The van der Waals surface area contributed by atoms with Crippen LogP contribution >= 0.6 is 0 Å². The Bertz CT molecular complexity index is 237. The molecule has 0 bridgehead atoms. The summed E-state index contributed by atoms with van der Waals surface area (Å²) in [6.45, 7) is 1.87. The fraction of sp³-hybridized carbons (Fsp3) is 0.900. The van der Waals surface area contributed by atoms with Crippen molar-refractivity contribution in [2.75, 3.05) is 26.2 Å². The molecule has 16 heavy (non-hydrogen) atoms. The molecule has 94 valence electrons. The molecule has 0 radical (unpaired) electrons. The van der Waals surface area contributed by atoms with E-state index in [9.17, 15) is 18.0 Å². The van der Waals surface area contributed by atoms with E-state index in [1.54, 1.807) is 6.92 Å². The third-order valence-electron chi connectivity index (χ3n) is 2.71. The van der Waals surface area contributed by atoms with Crippen LogP contribution in [0.1, 0.15) is 19.8 Å². The first-order chi connectivity index (χ1) is 7.44. The third kappa shape index (κ3) is 4.00. The van der Waals surface area contributed by atoms with Crippen molar-refractivity contribution >= 4 is 5.91 Å². The predicted octanol–water partition coefficient (Wildman–Crippen LogP) is 1.40. The van der Waals surface area contributed by atoms with Crippen molar-refractivity contribution in [3.8, 4) is 0 Å². The van der Waals surface area contributed by atoms with E-state index in [-0.39, 0.29) is 18.4 Å². The van der Waals surface area contributed by atoms with Crippen molar-refractivity contribution in [3.05, 3.63) is 0 Å². The second-order valence-electron chi connectivity index (χ2n) is 4.01. The molecule has 1 N–H and O–H groups in total. The lowest BCUT2D eigenvalue weighted by Gasteiger charge is -2.29. The molecule has 0 saturated carbocycles. The molecule has 6 heteroatoms. The highest BCUT2D eigenvalue weighted by Gasteiger charge is 2.34. The summed E-state index contributed by atoms with van der Waals surface area (Å²) in [5.41, 5.74) is 0. The van der Waals surface area contributed by atoms with Gasteiger partial charge in [0.25, 0.3) is 0 Å². The van der Waals surface area contributed by atoms with Crippen molar-refractivity contribution in [3.63, 3.8) is 0 Å². The van der Waals surface area contributed by atoms with Gasteiger partial charge < -0.3 is 10.2 Å². The summed E-state index contributed by atoms with van der Waals surface area (Å²) >= 11 is 0. The van der Waals surface area contributed by atoms with E-state index in [4.69, 9.17) is 0 Å². The number of carbonyl (C=O) groups is 1. The van der Waals surface area contributed by atoms with Crippen molar-refractivity contribution in [1.82, 2.24) is 10.2 Å². The van der Waals surface area contributed by atoms with Crippen LogP contribution in [-0.4, -0.2) is 43.2 Å². The van der Waals surface area contributed by atoms with Gasteiger partial charge in [0.2, 0.25) is 5.91 Å². The van der Waals surface area contributed by atoms with Gasteiger partial charge in [-0.05, 0) is 26.3 Å². The maximum absolute atomic E-state index is 12.2. The van der Waals surface area contributed by atoms with Gasteiger partial charge in [-0.15, -0.1) is 0 Å². The molecule has 0 aliphatic carbocycles. The smallest absolute Gasteiger partial charge is 0.334 e. The van der Waals surface area contributed by atoms with E-state index in [1.807, 2.05) is 0 Å². The first-order valence-corrected chi connectivity index (χ1v) is 5.50. The van der Waals surface area contributed by atoms with Gasteiger partial charge in [0.05, 0.1) is 5.92 Å². The van der Waals surface area contributed by atoms with Crippen LogP contribution in [0, 0.1) is 5.92 Å². The van der Waals surface area contributed by atoms with Gasteiger partial charge in [-0.3, -0.25) is 4.79 Å². The van der Waals surface area contributed by atoms with Crippen molar-refractivity contribution in [2.24, 2.45) is 5.92 Å². The second-order valence-corrected chi connectivity index (χ2v) is 4.01. The highest BCUT2D eigenvalue weighted by molar-refractivity contribution is 5.79. The quantitative estimate of drug-likeness (QED) is 0.806. The van der Waals surface area contributed by atoms with Gasteiger partial charge >= 0.3 is 6.18 Å². The molecule has 1 atom stereocenters. The minimum atomic E-state index is -4.31. The zero-order chi connectivity index (χ0) is 12.2. The highest BCUT2D eigenvalue weighted by atomic mass is 19.4. The van der Waals surface area contributed by atoms with Crippen LogP contribution in [0.5, 0.6) is 0 Å². The number of carbonyl (C=O) groups excluding carboxylic acids is 1. The standard InChI is InChI=1S/C10H17F3N2O/c1-2-15(7-10(11,12)13)9(16)8-4-3-5-14-6-8/h8,14H,2-7H2,1H3/t8-/m0/s1. The van der Waals surface area contributed by atoms with Gasteiger partial charge in [-0.2, -0.15) is 13.2 Å². The van der Waals surface area contributed by atoms with E-state index >= 15 is 0 Å². The Balaban J connectivity index is 2.54. The number of alkyl halides is 3. The molecule has 0 aromatic heterocycles. The Morgan fingerprint density at radius 1 is 1.50 bits per heavy atom. The van der Waals surface area contributed by atoms with Gasteiger partial charge in [0.1, 0.15) is 6.54 Å². The number of nitrogens with one attached hydrogen (secondary N) is 1. The molecule has 0 aromatic carbocycles. The second kappa shape index (κ2) is 5.52. The zero-order valence-electron chi connectivity index (χ0n) is 9.31. The van der Waals surface area contributed by atoms with Crippen molar-refractivity contribution in [2.45, 2.75) is 25.9 Å². The zero-order valence-corrected chi connectivity index (χ0v) is 9.31. The normalized spacial score (nSPS) is 21.9. The highest BCUT2D eigenvalue weighted by Crippen LogP contribution is 2.19.